The third kappa shape index (κ3) is 5.24. The molecule has 0 heterocycles. The van der Waals surface area contributed by atoms with Crippen LogP contribution in [-0.4, -0.2) is 47.4 Å². The molecule has 0 atom stereocenters. The fourth-order valence-corrected chi connectivity index (χ4v) is 2.83. The quantitative estimate of drug-likeness (QED) is 0.488. The van der Waals surface area contributed by atoms with Crippen molar-refractivity contribution in [2.45, 2.75) is 12.9 Å². The van der Waals surface area contributed by atoms with Crippen molar-refractivity contribution in [3.63, 3.8) is 0 Å². The second-order valence-electron chi connectivity index (χ2n) is 6.06. The van der Waals surface area contributed by atoms with Crippen LogP contribution in [0.25, 0.3) is 0 Å². The van der Waals surface area contributed by atoms with Gasteiger partial charge in [0.1, 0.15) is 6.61 Å². The van der Waals surface area contributed by atoms with E-state index in [0.717, 1.165) is 11.1 Å². The Hall–Kier alpha value is -3.10. The van der Waals surface area contributed by atoms with Crippen LogP contribution in [-0.2, 0) is 25.6 Å². The van der Waals surface area contributed by atoms with Crippen LogP contribution >= 0.6 is 0 Å². The molecule has 0 saturated heterocycles. The second-order valence-corrected chi connectivity index (χ2v) is 6.06. The standard InChI is InChI=1S/C21H26N2O6/c1-22-17-11-16(18(23-2)10-15(17)19(24)26-3)20(25)29-12-13-6-8-14(9-7-13)21(27-4)28-5/h6-11,21-23H,12H2,1-5H3. The Morgan fingerprint density at radius 3 is 1.83 bits per heavy atom. The van der Waals surface area contributed by atoms with Crippen molar-refractivity contribution >= 4 is 23.3 Å². The van der Waals surface area contributed by atoms with Crippen LogP contribution in [0.5, 0.6) is 0 Å². The van der Waals surface area contributed by atoms with E-state index < -0.39 is 18.2 Å². The van der Waals surface area contributed by atoms with E-state index in [2.05, 4.69) is 10.6 Å². The van der Waals surface area contributed by atoms with Crippen molar-refractivity contribution in [3.05, 3.63) is 58.7 Å². The Morgan fingerprint density at radius 1 is 0.862 bits per heavy atom. The van der Waals surface area contributed by atoms with Crippen molar-refractivity contribution in [2.24, 2.45) is 0 Å². The molecule has 2 rings (SSSR count). The summed E-state index contributed by atoms with van der Waals surface area (Å²) in [6.07, 6.45) is -0.446. The lowest BCUT2D eigenvalue weighted by molar-refractivity contribution is -0.106. The molecular weight excluding hydrogens is 376 g/mol. The van der Waals surface area contributed by atoms with Crippen LogP contribution in [0, 0.1) is 0 Å². The van der Waals surface area contributed by atoms with Gasteiger partial charge in [0, 0.05) is 45.3 Å². The molecule has 156 valence electrons. The summed E-state index contributed by atoms with van der Waals surface area (Å²) >= 11 is 0. The summed E-state index contributed by atoms with van der Waals surface area (Å²) < 4.78 is 20.7. The lowest BCUT2D eigenvalue weighted by Crippen LogP contribution is -2.13. The van der Waals surface area contributed by atoms with Gasteiger partial charge in [-0.2, -0.15) is 0 Å². The monoisotopic (exact) mass is 402 g/mol. The number of anilines is 2. The van der Waals surface area contributed by atoms with Crippen molar-refractivity contribution in [1.82, 2.24) is 0 Å². The van der Waals surface area contributed by atoms with E-state index in [0.29, 0.717) is 22.5 Å². The van der Waals surface area contributed by atoms with E-state index in [4.69, 9.17) is 18.9 Å². The summed E-state index contributed by atoms with van der Waals surface area (Å²) in [7, 11) is 7.75. The number of ether oxygens (including phenoxy) is 4. The van der Waals surface area contributed by atoms with Gasteiger partial charge in [0.25, 0.3) is 0 Å². The Morgan fingerprint density at radius 2 is 1.38 bits per heavy atom. The van der Waals surface area contributed by atoms with Gasteiger partial charge in [0.15, 0.2) is 6.29 Å². The maximum Gasteiger partial charge on any atom is 0.340 e. The zero-order valence-corrected chi connectivity index (χ0v) is 17.2. The van der Waals surface area contributed by atoms with Crippen LogP contribution in [0.1, 0.15) is 38.1 Å². The molecule has 29 heavy (non-hydrogen) atoms. The summed E-state index contributed by atoms with van der Waals surface area (Å²) in [6, 6.07) is 10.5. The summed E-state index contributed by atoms with van der Waals surface area (Å²) in [5, 5.41) is 5.81. The van der Waals surface area contributed by atoms with Gasteiger partial charge in [-0.3, -0.25) is 0 Å². The summed E-state index contributed by atoms with van der Waals surface area (Å²) in [5.74, 6) is -1.02. The predicted octanol–water partition coefficient (Wildman–Crippen LogP) is 3.21. The van der Waals surface area contributed by atoms with Gasteiger partial charge in [-0.25, -0.2) is 9.59 Å². The largest absolute Gasteiger partial charge is 0.465 e. The van der Waals surface area contributed by atoms with Crippen molar-refractivity contribution in [2.75, 3.05) is 46.1 Å². The zero-order chi connectivity index (χ0) is 21.4. The van der Waals surface area contributed by atoms with Gasteiger partial charge in [-0.05, 0) is 17.7 Å². The molecule has 0 aliphatic rings. The number of carbonyl (C=O) groups is 2. The molecule has 8 heteroatoms. The summed E-state index contributed by atoms with van der Waals surface area (Å²) in [6.45, 7) is 0.0978. The minimum absolute atomic E-state index is 0.0978. The smallest absolute Gasteiger partial charge is 0.340 e. The normalized spacial score (nSPS) is 10.6. The summed E-state index contributed by atoms with van der Waals surface area (Å²) in [4.78, 5) is 24.6. The Kier molecular flexibility index (Phi) is 7.99. The highest BCUT2D eigenvalue weighted by Gasteiger charge is 2.20. The van der Waals surface area contributed by atoms with Crippen molar-refractivity contribution in [3.8, 4) is 0 Å². The second kappa shape index (κ2) is 10.4. The molecule has 0 amide bonds. The SMILES string of the molecule is CNc1cc(C(=O)OCc2ccc(C(OC)OC)cc2)c(NC)cc1C(=O)OC. The topological polar surface area (TPSA) is 95.1 Å². The lowest BCUT2D eigenvalue weighted by atomic mass is 10.1. The van der Waals surface area contributed by atoms with Crippen LogP contribution in [0.15, 0.2) is 36.4 Å². The molecule has 0 aliphatic heterocycles. The van der Waals surface area contributed by atoms with Crippen molar-refractivity contribution in [1.29, 1.82) is 0 Å². The first-order chi connectivity index (χ1) is 14.0. The number of benzene rings is 2. The maximum atomic E-state index is 12.6. The van der Waals surface area contributed by atoms with Gasteiger partial charge < -0.3 is 29.6 Å². The van der Waals surface area contributed by atoms with Gasteiger partial charge in [-0.1, -0.05) is 24.3 Å². The highest BCUT2D eigenvalue weighted by molar-refractivity contribution is 6.03. The minimum Gasteiger partial charge on any atom is -0.465 e. The molecule has 2 N–H and O–H groups in total. The van der Waals surface area contributed by atoms with E-state index in [1.807, 2.05) is 24.3 Å². The molecule has 0 aromatic heterocycles. The highest BCUT2D eigenvalue weighted by atomic mass is 16.7. The molecule has 0 aliphatic carbocycles. The van der Waals surface area contributed by atoms with Gasteiger partial charge in [0.2, 0.25) is 0 Å². The number of nitrogens with one attached hydrogen (secondary N) is 2. The molecule has 0 bridgehead atoms. The molecule has 0 radical (unpaired) electrons. The molecule has 0 saturated carbocycles. The Labute approximate surface area is 170 Å². The highest BCUT2D eigenvalue weighted by Crippen LogP contribution is 2.27. The number of methoxy groups -OCH3 is 3. The third-order valence-electron chi connectivity index (χ3n) is 4.37. The van der Waals surface area contributed by atoms with Crippen LogP contribution in [0.3, 0.4) is 0 Å². The fraction of sp³-hybridized carbons (Fsp3) is 0.333. The summed E-state index contributed by atoms with van der Waals surface area (Å²) in [5.41, 5.74) is 3.24. The first-order valence-corrected chi connectivity index (χ1v) is 8.92. The van der Waals surface area contributed by atoms with Crippen LogP contribution < -0.4 is 10.6 Å². The number of esters is 2. The van der Waals surface area contributed by atoms with Gasteiger partial charge >= 0.3 is 11.9 Å². The minimum atomic E-state index is -0.516. The Balaban J connectivity index is 2.17. The van der Waals surface area contributed by atoms with E-state index in [9.17, 15) is 9.59 Å². The molecular formula is C21H26N2O6. The average molecular weight is 402 g/mol. The number of hydrogen-bond donors (Lipinski definition) is 2. The van der Waals surface area contributed by atoms with Gasteiger partial charge in [0.05, 0.1) is 18.2 Å². The van der Waals surface area contributed by atoms with E-state index >= 15 is 0 Å². The predicted molar refractivity (Wildman–Crippen MR) is 109 cm³/mol. The first kappa shape index (κ1) is 22.2. The van der Waals surface area contributed by atoms with E-state index in [1.165, 1.54) is 7.11 Å². The van der Waals surface area contributed by atoms with Crippen LogP contribution in [0.2, 0.25) is 0 Å². The molecule has 8 nitrogen and oxygen atoms in total. The third-order valence-corrected chi connectivity index (χ3v) is 4.37. The molecule has 2 aromatic rings. The molecule has 0 unspecified atom stereocenters. The first-order valence-electron chi connectivity index (χ1n) is 8.92. The molecule has 2 aromatic carbocycles. The molecule has 0 fully saturated rings. The lowest BCUT2D eigenvalue weighted by Gasteiger charge is -2.15. The van der Waals surface area contributed by atoms with Crippen LogP contribution in [0.4, 0.5) is 11.4 Å². The fourth-order valence-electron chi connectivity index (χ4n) is 2.83. The van der Waals surface area contributed by atoms with Gasteiger partial charge in [-0.15, -0.1) is 0 Å². The Bertz CT molecular complexity index is 847. The number of carbonyl (C=O) groups excluding carboxylic acids is 2. The maximum absolute atomic E-state index is 12.6. The molecule has 0 spiro atoms. The number of rotatable bonds is 9. The number of hydrogen-bond acceptors (Lipinski definition) is 8. The van der Waals surface area contributed by atoms with E-state index in [1.54, 1.807) is 40.4 Å². The zero-order valence-electron chi connectivity index (χ0n) is 17.2. The van der Waals surface area contributed by atoms with E-state index in [-0.39, 0.29) is 6.61 Å². The average Bonchev–Trinajstić information content (AvgIpc) is 2.77. The van der Waals surface area contributed by atoms with Crippen molar-refractivity contribution < 1.29 is 28.5 Å².